The minimum Gasteiger partial charge on any atom is -0.351 e. The van der Waals surface area contributed by atoms with Crippen LogP contribution in [0.1, 0.15) is 33.6 Å². The van der Waals surface area contributed by atoms with Crippen molar-refractivity contribution in [2.24, 2.45) is 5.73 Å². The first kappa shape index (κ1) is 16.8. The molecule has 0 fully saturated rings. The topological polar surface area (TPSA) is 78.6 Å². The van der Waals surface area contributed by atoms with Gasteiger partial charge in [-0.25, -0.2) is 8.42 Å². The summed E-state index contributed by atoms with van der Waals surface area (Å²) in [6.45, 7) is 6.47. The first-order valence-corrected chi connectivity index (χ1v) is 7.98. The molecule has 1 atom stereocenters. The molecule has 0 aliphatic heterocycles. The van der Waals surface area contributed by atoms with E-state index in [1.807, 2.05) is 13.8 Å². The molecule has 1 unspecified atom stereocenters. The zero-order chi connectivity index (χ0) is 13.3. The van der Waals surface area contributed by atoms with Gasteiger partial charge in [0.1, 0.15) is 9.84 Å². The summed E-state index contributed by atoms with van der Waals surface area (Å²) in [6.07, 6.45) is 0.701. The Kier molecular flexibility index (Phi) is 8.77. The van der Waals surface area contributed by atoms with E-state index in [0.717, 1.165) is 0 Å². The van der Waals surface area contributed by atoms with Gasteiger partial charge >= 0.3 is 0 Å². The van der Waals surface area contributed by atoms with Gasteiger partial charge < -0.3 is 15.2 Å². The second-order valence-corrected chi connectivity index (χ2v) is 6.29. The zero-order valence-corrected chi connectivity index (χ0v) is 11.8. The average molecular weight is 267 g/mol. The molecule has 0 aromatic rings. The van der Waals surface area contributed by atoms with Crippen LogP contribution in [0.4, 0.5) is 0 Å². The molecule has 0 aliphatic carbocycles. The van der Waals surface area contributed by atoms with Crippen molar-refractivity contribution in [3.8, 4) is 0 Å². The molecule has 0 spiro atoms. The summed E-state index contributed by atoms with van der Waals surface area (Å²) in [4.78, 5) is 0. The van der Waals surface area contributed by atoms with Gasteiger partial charge in [0.15, 0.2) is 6.29 Å². The smallest absolute Gasteiger partial charge is 0.172 e. The van der Waals surface area contributed by atoms with Gasteiger partial charge in [-0.3, -0.25) is 0 Å². The fraction of sp³-hybridized carbons (Fsp3) is 1.00. The summed E-state index contributed by atoms with van der Waals surface area (Å²) >= 11 is 0. The Labute approximate surface area is 105 Å². The predicted molar refractivity (Wildman–Crippen MR) is 68.6 cm³/mol. The second kappa shape index (κ2) is 8.85. The molecule has 0 bridgehead atoms. The zero-order valence-electron chi connectivity index (χ0n) is 11.0. The lowest BCUT2D eigenvalue weighted by molar-refractivity contribution is -0.149. The summed E-state index contributed by atoms with van der Waals surface area (Å²) in [5, 5.41) is 0. The Morgan fingerprint density at radius 1 is 1.12 bits per heavy atom. The molecular formula is C11H25NO4S. The summed E-state index contributed by atoms with van der Waals surface area (Å²) in [7, 11) is -2.90. The van der Waals surface area contributed by atoms with Crippen LogP contribution in [0.3, 0.4) is 0 Å². The minimum absolute atomic E-state index is 0.183. The van der Waals surface area contributed by atoms with Gasteiger partial charge in [0.25, 0.3) is 0 Å². The van der Waals surface area contributed by atoms with Gasteiger partial charge in [0.05, 0.1) is 11.8 Å². The molecule has 6 heteroatoms. The molecule has 0 amide bonds. The van der Waals surface area contributed by atoms with Crippen LogP contribution in [0.25, 0.3) is 0 Å². The van der Waals surface area contributed by atoms with Crippen molar-refractivity contribution in [2.75, 3.05) is 24.7 Å². The van der Waals surface area contributed by atoms with E-state index in [0.29, 0.717) is 26.1 Å². The number of sulfone groups is 1. The Bertz CT molecular complexity index is 273. The maximum atomic E-state index is 11.3. The molecule has 2 N–H and O–H groups in total. The van der Waals surface area contributed by atoms with Gasteiger partial charge in [-0.15, -0.1) is 0 Å². The fourth-order valence-corrected chi connectivity index (χ4v) is 2.34. The molecule has 0 aliphatic rings. The third-order valence-electron chi connectivity index (χ3n) is 2.44. The van der Waals surface area contributed by atoms with Crippen LogP contribution < -0.4 is 5.73 Å². The third-order valence-corrected chi connectivity index (χ3v) is 4.23. The van der Waals surface area contributed by atoms with Crippen LogP contribution in [-0.4, -0.2) is 45.5 Å². The maximum Gasteiger partial charge on any atom is 0.172 e. The van der Waals surface area contributed by atoms with Crippen molar-refractivity contribution >= 4 is 9.84 Å². The van der Waals surface area contributed by atoms with Gasteiger partial charge in [0.2, 0.25) is 0 Å². The van der Waals surface area contributed by atoms with Crippen molar-refractivity contribution in [2.45, 2.75) is 45.9 Å². The van der Waals surface area contributed by atoms with Crippen LogP contribution >= 0.6 is 0 Å². The molecule has 104 valence electrons. The number of hydrogen-bond acceptors (Lipinski definition) is 5. The normalized spacial score (nSPS) is 14.2. The standard InChI is InChI=1S/C11H25NO4S/c1-4-15-11(16-5-2)10(12)8-7-9-17(13,14)6-3/h10-11H,4-9,12H2,1-3H3. The van der Waals surface area contributed by atoms with E-state index in [9.17, 15) is 8.42 Å². The lowest BCUT2D eigenvalue weighted by Gasteiger charge is -2.23. The molecule has 0 heterocycles. The number of nitrogens with two attached hydrogens (primary N) is 1. The minimum atomic E-state index is -2.90. The molecule has 0 aromatic heterocycles. The highest BCUT2D eigenvalue weighted by Gasteiger charge is 2.18. The van der Waals surface area contributed by atoms with Crippen LogP contribution in [0.15, 0.2) is 0 Å². The van der Waals surface area contributed by atoms with Crippen LogP contribution in [0.5, 0.6) is 0 Å². The van der Waals surface area contributed by atoms with Gasteiger partial charge in [-0.1, -0.05) is 6.92 Å². The van der Waals surface area contributed by atoms with E-state index in [-0.39, 0.29) is 17.5 Å². The largest absolute Gasteiger partial charge is 0.351 e. The highest BCUT2D eigenvalue weighted by molar-refractivity contribution is 7.91. The fourth-order valence-electron chi connectivity index (χ4n) is 1.44. The highest BCUT2D eigenvalue weighted by Crippen LogP contribution is 2.07. The molecule has 0 saturated heterocycles. The summed E-state index contributed by atoms with van der Waals surface area (Å²) in [5.74, 6) is 0.366. The number of ether oxygens (including phenoxy) is 2. The number of rotatable bonds is 10. The first-order valence-electron chi connectivity index (χ1n) is 6.16. The molecule has 0 rings (SSSR count). The average Bonchev–Trinajstić information content (AvgIpc) is 2.28. The monoisotopic (exact) mass is 267 g/mol. The van der Waals surface area contributed by atoms with Crippen molar-refractivity contribution in [1.82, 2.24) is 0 Å². The van der Waals surface area contributed by atoms with E-state index in [1.165, 1.54) is 0 Å². The quantitative estimate of drug-likeness (QED) is 0.596. The van der Waals surface area contributed by atoms with Crippen molar-refractivity contribution < 1.29 is 17.9 Å². The number of hydrogen-bond donors (Lipinski definition) is 1. The highest BCUT2D eigenvalue weighted by atomic mass is 32.2. The Morgan fingerprint density at radius 2 is 1.65 bits per heavy atom. The van der Waals surface area contributed by atoms with E-state index in [1.54, 1.807) is 6.92 Å². The molecule has 5 nitrogen and oxygen atoms in total. The van der Waals surface area contributed by atoms with Crippen molar-refractivity contribution in [3.05, 3.63) is 0 Å². The van der Waals surface area contributed by atoms with E-state index in [4.69, 9.17) is 15.2 Å². The van der Waals surface area contributed by atoms with E-state index in [2.05, 4.69) is 0 Å². The predicted octanol–water partition coefficient (Wildman–Crippen LogP) is 0.928. The molecular weight excluding hydrogens is 242 g/mol. The lowest BCUT2D eigenvalue weighted by Crippen LogP contribution is -2.39. The van der Waals surface area contributed by atoms with Crippen molar-refractivity contribution in [1.29, 1.82) is 0 Å². The molecule has 0 saturated carbocycles. The van der Waals surface area contributed by atoms with Gasteiger partial charge in [0, 0.05) is 19.0 Å². The summed E-state index contributed by atoms with van der Waals surface area (Å²) in [5.41, 5.74) is 5.92. The summed E-state index contributed by atoms with van der Waals surface area (Å²) in [6, 6.07) is -0.276. The Morgan fingerprint density at radius 3 is 2.06 bits per heavy atom. The Balaban J connectivity index is 4.01. The van der Waals surface area contributed by atoms with Crippen LogP contribution in [0, 0.1) is 0 Å². The van der Waals surface area contributed by atoms with Gasteiger partial charge in [-0.2, -0.15) is 0 Å². The second-order valence-electron chi connectivity index (χ2n) is 3.82. The Hall–Kier alpha value is -0.170. The van der Waals surface area contributed by atoms with Crippen LogP contribution in [-0.2, 0) is 19.3 Å². The van der Waals surface area contributed by atoms with E-state index < -0.39 is 16.1 Å². The SMILES string of the molecule is CCOC(OCC)C(N)CCCS(=O)(=O)CC. The molecule has 0 radical (unpaired) electrons. The van der Waals surface area contributed by atoms with Gasteiger partial charge in [-0.05, 0) is 26.7 Å². The summed E-state index contributed by atoms with van der Waals surface area (Å²) < 4.78 is 33.3. The lowest BCUT2D eigenvalue weighted by atomic mass is 10.2. The van der Waals surface area contributed by atoms with Crippen molar-refractivity contribution in [3.63, 3.8) is 0 Å². The maximum absolute atomic E-state index is 11.3. The van der Waals surface area contributed by atoms with Crippen LogP contribution in [0.2, 0.25) is 0 Å². The first-order chi connectivity index (χ1) is 7.96. The molecule has 17 heavy (non-hydrogen) atoms. The van der Waals surface area contributed by atoms with E-state index >= 15 is 0 Å². The third kappa shape index (κ3) is 7.70. The molecule has 0 aromatic carbocycles.